The Labute approximate surface area is 164 Å². The minimum absolute atomic E-state index is 0.0116. The minimum Gasteiger partial charge on any atom is -0.497 e. The molecule has 0 aliphatic carbocycles. The molecule has 5 nitrogen and oxygen atoms in total. The molecule has 3 aromatic carbocycles. The number of nitrogens with zero attached hydrogens (tertiary/aromatic N) is 1. The maximum Gasteiger partial charge on any atom is 0.260 e. The van der Waals surface area contributed by atoms with Crippen LogP contribution in [-0.4, -0.2) is 50.8 Å². The molecule has 0 aromatic heterocycles. The molecule has 3 aromatic rings. The number of rotatable bonds is 5. The van der Waals surface area contributed by atoms with Crippen molar-refractivity contribution in [3.05, 3.63) is 60.7 Å². The zero-order chi connectivity index (χ0) is 19.3. The van der Waals surface area contributed by atoms with Crippen LogP contribution in [0.2, 0.25) is 0 Å². The first-order valence-corrected chi connectivity index (χ1v) is 9.40. The maximum absolute atomic E-state index is 12.4. The number of amides is 1. The van der Waals surface area contributed by atoms with E-state index in [1.807, 2.05) is 48.5 Å². The predicted octanol–water partition coefficient (Wildman–Crippen LogP) is 3.75. The molecule has 1 saturated heterocycles. The fourth-order valence-corrected chi connectivity index (χ4v) is 3.42. The first-order valence-electron chi connectivity index (χ1n) is 9.40. The van der Waals surface area contributed by atoms with E-state index in [2.05, 4.69) is 12.1 Å². The highest BCUT2D eigenvalue weighted by Crippen LogP contribution is 2.34. The second kappa shape index (κ2) is 8.31. The lowest BCUT2D eigenvalue weighted by molar-refractivity contribution is -0.137. The van der Waals surface area contributed by atoms with Gasteiger partial charge in [0, 0.05) is 13.1 Å². The van der Waals surface area contributed by atoms with Crippen LogP contribution in [0.4, 0.5) is 0 Å². The summed E-state index contributed by atoms with van der Waals surface area (Å²) >= 11 is 0. The fourth-order valence-electron chi connectivity index (χ4n) is 3.42. The fraction of sp³-hybridized carbons (Fsp3) is 0.261. The first kappa shape index (κ1) is 18.3. The van der Waals surface area contributed by atoms with Crippen LogP contribution in [0.5, 0.6) is 11.5 Å². The highest BCUT2D eigenvalue weighted by molar-refractivity contribution is 5.98. The Balaban J connectivity index is 1.61. The summed E-state index contributed by atoms with van der Waals surface area (Å²) in [6.45, 7) is 2.45. The zero-order valence-electron chi connectivity index (χ0n) is 15.9. The van der Waals surface area contributed by atoms with Gasteiger partial charge in [-0.3, -0.25) is 4.79 Å². The average Bonchev–Trinajstić information content (AvgIpc) is 2.77. The summed E-state index contributed by atoms with van der Waals surface area (Å²) in [4.78, 5) is 14.2. The van der Waals surface area contributed by atoms with Gasteiger partial charge in [-0.1, -0.05) is 36.4 Å². The second-order valence-corrected chi connectivity index (χ2v) is 6.70. The Bertz CT molecular complexity index is 962. The van der Waals surface area contributed by atoms with Crippen LogP contribution in [0.1, 0.15) is 0 Å². The van der Waals surface area contributed by atoms with E-state index in [-0.39, 0.29) is 12.5 Å². The Kier molecular flexibility index (Phi) is 5.44. The number of hydrogen-bond acceptors (Lipinski definition) is 4. The molecular weight excluding hydrogens is 354 g/mol. The molecule has 1 aliphatic rings. The molecule has 4 rings (SSSR count). The van der Waals surface area contributed by atoms with E-state index in [1.54, 1.807) is 12.0 Å². The molecule has 0 radical (unpaired) electrons. The largest absolute Gasteiger partial charge is 0.497 e. The van der Waals surface area contributed by atoms with Crippen molar-refractivity contribution < 1.29 is 19.0 Å². The Morgan fingerprint density at radius 3 is 2.50 bits per heavy atom. The summed E-state index contributed by atoms with van der Waals surface area (Å²) < 4.78 is 16.4. The molecule has 1 aliphatic heterocycles. The second-order valence-electron chi connectivity index (χ2n) is 6.70. The normalized spacial score (nSPS) is 14.1. The van der Waals surface area contributed by atoms with Crippen LogP contribution < -0.4 is 9.47 Å². The van der Waals surface area contributed by atoms with Gasteiger partial charge in [0.25, 0.3) is 5.91 Å². The van der Waals surface area contributed by atoms with Crippen LogP contribution in [0.3, 0.4) is 0 Å². The third kappa shape index (κ3) is 3.94. The third-order valence-corrected chi connectivity index (χ3v) is 4.96. The summed E-state index contributed by atoms with van der Waals surface area (Å²) in [7, 11) is 1.66. The number of benzene rings is 3. The number of morpholine rings is 1. The monoisotopic (exact) mass is 377 g/mol. The standard InChI is InChI=1S/C23H23NO4/c1-26-19-8-6-17(7-9-19)22-15-20(14-18-4-2-3-5-21(18)22)28-16-23(25)24-10-12-27-13-11-24/h2-9,14-15H,10-13,16H2,1H3. The van der Waals surface area contributed by atoms with E-state index in [4.69, 9.17) is 14.2 Å². The van der Waals surface area contributed by atoms with E-state index in [1.165, 1.54) is 0 Å². The number of carbonyl (C=O) groups excluding carboxylic acids is 1. The van der Waals surface area contributed by atoms with E-state index in [0.717, 1.165) is 27.6 Å². The van der Waals surface area contributed by atoms with Crippen molar-refractivity contribution in [2.75, 3.05) is 40.0 Å². The van der Waals surface area contributed by atoms with Gasteiger partial charge in [0.15, 0.2) is 6.61 Å². The van der Waals surface area contributed by atoms with Crippen molar-refractivity contribution in [2.45, 2.75) is 0 Å². The minimum atomic E-state index is -0.0116. The van der Waals surface area contributed by atoms with Crippen LogP contribution in [-0.2, 0) is 9.53 Å². The molecule has 28 heavy (non-hydrogen) atoms. The third-order valence-electron chi connectivity index (χ3n) is 4.96. The van der Waals surface area contributed by atoms with Crippen molar-refractivity contribution >= 4 is 16.7 Å². The molecule has 1 fully saturated rings. The van der Waals surface area contributed by atoms with Crippen molar-refractivity contribution in [2.24, 2.45) is 0 Å². The number of methoxy groups -OCH3 is 1. The molecule has 0 bridgehead atoms. The number of hydrogen-bond donors (Lipinski definition) is 0. The van der Waals surface area contributed by atoms with Gasteiger partial charge in [0.05, 0.1) is 20.3 Å². The molecule has 0 unspecified atom stereocenters. The van der Waals surface area contributed by atoms with Gasteiger partial charge in [-0.15, -0.1) is 0 Å². The summed E-state index contributed by atoms with van der Waals surface area (Å²) in [5.74, 6) is 1.49. The molecular formula is C23H23NO4. The molecule has 0 spiro atoms. The lowest BCUT2D eigenvalue weighted by atomic mass is 9.98. The van der Waals surface area contributed by atoms with Crippen LogP contribution in [0.25, 0.3) is 21.9 Å². The highest BCUT2D eigenvalue weighted by Gasteiger charge is 2.17. The Morgan fingerprint density at radius 1 is 1.00 bits per heavy atom. The molecule has 0 N–H and O–H groups in total. The number of fused-ring (bicyclic) bond motifs is 1. The van der Waals surface area contributed by atoms with Gasteiger partial charge in [0.1, 0.15) is 11.5 Å². The van der Waals surface area contributed by atoms with Crippen molar-refractivity contribution in [1.29, 1.82) is 0 Å². The van der Waals surface area contributed by atoms with Crippen LogP contribution in [0.15, 0.2) is 60.7 Å². The molecule has 1 amide bonds. The molecule has 144 valence electrons. The van der Waals surface area contributed by atoms with Gasteiger partial charge in [-0.25, -0.2) is 0 Å². The highest BCUT2D eigenvalue weighted by atomic mass is 16.5. The molecule has 1 heterocycles. The van der Waals surface area contributed by atoms with E-state index in [9.17, 15) is 4.79 Å². The van der Waals surface area contributed by atoms with E-state index < -0.39 is 0 Å². The Morgan fingerprint density at radius 2 is 1.75 bits per heavy atom. The average molecular weight is 377 g/mol. The van der Waals surface area contributed by atoms with Crippen LogP contribution >= 0.6 is 0 Å². The van der Waals surface area contributed by atoms with Gasteiger partial charge >= 0.3 is 0 Å². The lowest BCUT2D eigenvalue weighted by Crippen LogP contribution is -2.42. The number of ether oxygens (including phenoxy) is 3. The maximum atomic E-state index is 12.4. The summed E-state index contributed by atoms with van der Waals surface area (Å²) in [5.41, 5.74) is 2.14. The van der Waals surface area contributed by atoms with E-state index in [0.29, 0.717) is 32.1 Å². The zero-order valence-corrected chi connectivity index (χ0v) is 15.9. The smallest absolute Gasteiger partial charge is 0.260 e. The molecule has 0 saturated carbocycles. The lowest BCUT2D eigenvalue weighted by Gasteiger charge is -2.26. The Hall–Kier alpha value is -3.05. The quantitative estimate of drug-likeness (QED) is 0.679. The summed E-state index contributed by atoms with van der Waals surface area (Å²) in [6.07, 6.45) is 0. The van der Waals surface area contributed by atoms with Gasteiger partial charge < -0.3 is 19.1 Å². The molecule has 5 heteroatoms. The van der Waals surface area contributed by atoms with Gasteiger partial charge in [-0.05, 0) is 46.2 Å². The molecule has 0 atom stereocenters. The summed E-state index contributed by atoms with van der Waals surface area (Å²) in [5, 5.41) is 2.21. The predicted molar refractivity (Wildman–Crippen MR) is 109 cm³/mol. The van der Waals surface area contributed by atoms with Crippen molar-refractivity contribution in [3.63, 3.8) is 0 Å². The van der Waals surface area contributed by atoms with Gasteiger partial charge in [0.2, 0.25) is 0 Å². The SMILES string of the molecule is COc1ccc(-c2cc(OCC(=O)N3CCOCC3)cc3ccccc23)cc1. The van der Waals surface area contributed by atoms with E-state index >= 15 is 0 Å². The summed E-state index contributed by atoms with van der Waals surface area (Å²) in [6, 6.07) is 20.1. The van der Waals surface area contributed by atoms with Gasteiger partial charge in [-0.2, -0.15) is 0 Å². The first-order chi connectivity index (χ1) is 13.7. The number of carbonyl (C=O) groups is 1. The van der Waals surface area contributed by atoms with Crippen LogP contribution in [0, 0.1) is 0 Å². The van der Waals surface area contributed by atoms with Crippen molar-refractivity contribution in [1.82, 2.24) is 4.90 Å². The van der Waals surface area contributed by atoms with Crippen molar-refractivity contribution in [3.8, 4) is 22.6 Å². The topological polar surface area (TPSA) is 48.0 Å².